The van der Waals surface area contributed by atoms with Gasteiger partial charge in [-0.3, -0.25) is 0 Å². The Morgan fingerprint density at radius 1 is 1.38 bits per heavy atom. The molecule has 0 aliphatic heterocycles. The second kappa shape index (κ2) is 4.26. The molecule has 1 aromatic carbocycles. The van der Waals surface area contributed by atoms with E-state index in [1.807, 2.05) is 0 Å². The Morgan fingerprint density at radius 2 is 2.06 bits per heavy atom. The average molecular weight is 219 g/mol. The smallest absolute Gasteiger partial charge is 0.226 e. The molecule has 0 amide bonds. The molecule has 2 rings (SSSR count). The first-order chi connectivity index (χ1) is 7.70. The number of hydrogen-bond acceptors (Lipinski definition) is 3. The lowest BCUT2D eigenvalue weighted by molar-refractivity contribution is -0.107. The van der Waals surface area contributed by atoms with E-state index in [-0.39, 0.29) is 12.2 Å². The SMILES string of the molecule is Cc1oc(-c2ccc(F)cc2)nc1CC=O. The molecule has 0 unspecified atom stereocenters. The number of aldehydes is 1. The lowest BCUT2D eigenvalue weighted by atomic mass is 10.2. The number of oxazole rings is 1. The van der Waals surface area contributed by atoms with E-state index in [0.717, 1.165) is 6.29 Å². The van der Waals surface area contributed by atoms with Crippen molar-refractivity contribution in [1.29, 1.82) is 0 Å². The van der Waals surface area contributed by atoms with Crippen molar-refractivity contribution >= 4 is 6.29 Å². The second-order valence-corrected chi connectivity index (χ2v) is 3.40. The molecule has 0 aliphatic carbocycles. The van der Waals surface area contributed by atoms with Gasteiger partial charge >= 0.3 is 0 Å². The molecule has 0 saturated carbocycles. The number of carbonyl (C=O) groups is 1. The first-order valence-electron chi connectivity index (χ1n) is 4.86. The maximum Gasteiger partial charge on any atom is 0.226 e. The third kappa shape index (κ3) is 2.00. The third-order valence-electron chi connectivity index (χ3n) is 2.26. The van der Waals surface area contributed by atoms with Gasteiger partial charge in [-0.1, -0.05) is 0 Å². The fraction of sp³-hybridized carbons (Fsp3) is 0.167. The summed E-state index contributed by atoms with van der Waals surface area (Å²) in [6.45, 7) is 1.75. The quantitative estimate of drug-likeness (QED) is 0.745. The van der Waals surface area contributed by atoms with E-state index in [1.165, 1.54) is 12.1 Å². The van der Waals surface area contributed by atoms with Crippen molar-refractivity contribution in [2.24, 2.45) is 0 Å². The third-order valence-corrected chi connectivity index (χ3v) is 2.26. The van der Waals surface area contributed by atoms with E-state index < -0.39 is 0 Å². The molecule has 0 bridgehead atoms. The lowest BCUT2D eigenvalue weighted by Crippen LogP contribution is -1.88. The molecule has 2 aromatic rings. The fourth-order valence-electron chi connectivity index (χ4n) is 1.41. The van der Waals surface area contributed by atoms with Crippen molar-refractivity contribution in [2.45, 2.75) is 13.3 Å². The topological polar surface area (TPSA) is 43.1 Å². The average Bonchev–Trinajstić information content (AvgIpc) is 2.62. The Bertz CT molecular complexity index is 502. The monoisotopic (exact) mass is 219 g/mol. The second-order valence-electron chi connectivity index (χ2n) is 3.40. The summed E-state index contributed by atoms with van der Waals surface area (Å²) in [6, 6.07) is 5.86. The number of nitrogens with zero attached hydrogens (tertiary/aromatic N) is 1. The Labute approximate surface area is 91.9 Å². The van der Waals surface area contributed by atoms with Gasteiger partial charge in [0.25, 0.3) is 0 Å². The molecule has 1 aromatic heterocycles. The van der Waals surface area contributed by atoms with E-state index in [4.69, 9.17) is 4.42 Å². The van der Waals surface area contributed by atoms with Crippen molar-refractivity contribution in [3.8, 4) is 11.5 Å². The zero-order valence-corrected chi connectivity index (χ0v) is 8.74. The largest absolute Gasteiger partial charge is 0.441 e. The summed E-state index contributed by atoms with van der Waals surface area (Å²) in [4.78, 5) is 14.6. The zero-order valence-electron chi connectivity index (χ0n) is 8.74. The Kier molecular flexibility index (Phi) is 2.81. The van der Waals surface area contributed by atoms with Crippen molar-refractivity contribution in [2.75, 3.05) is 0 Å². The minimum Gasteiger partial charge on any atom is -0.441 e. The molecule has 0 spiro atoms. The highest BCUT2D eigenvalue weighted by atomic mass is 19.1. The number of benzene rings is 1. The van der Waals surface area contributed by atoms with Crippen molar-refractivity contribution in [3.05, 3.63) is 41.5 Å². The van der Waals surface area contributed by atoms with Crippen LogP contribution in [0.1, 0.15) is 11.5 Å². The van der Waals surface area contributed by atoms with Crippen LogP contribution < -0.4 is 0 Å². The molecule has 4 heteroatoms. The maximum atomic E-state index is 12.7. The summed E-state index contributed by atoms with van der Waals surface area (Å²) >= 11 is 0. The minimum absolute atomic E-state index is 0.233. The van der Waals surface area contributed by atoms with Gasteiger partial charge in [0.1, 0.15) is 17.9 Å². The Hall–Kier alpha value is -1.97. The van der Waals surface area contributed by atoms with Crippen LogP contribution in [0, 0.1) is 12.7 Å². The lowest BCUT2D eigenvalue weighted by Gasteiger charge is -1.93. The number of aromatic nitrogens is 1. The molecule has 0 fully saturated rings. The molecule has 16 heavy (non-hydrogen) atoms. The van der Waals surface area contributed by atoms with Gasteiger partial charge in [0, 0.05) is 12.0 Å². The molecule has 0 radical (unpaired) electrons. The summed E-state index contributed by atoms with van der Waals surface area (Å²) in [6.07, 6.45) is 1.01. The highest BCUT2D eigenvalue weighted by Crippen LogP contribution is 2.21. The van der Waals surface area contributed by atoms with Gasteiger partial charge in [-0.2, -0.15) is 0 Å². The van der Waals surface area contributed by atoms with Crippen LogP contribution in [0.15, 0.2) is 28.7 Å². The molecule has 3 nitrogen and oxygen atoms in total. The van der Waals surface area contributed by atoms with E-state index in [1.54, 1.807) is 19.1 Å². The number of aryl methyl sites for hydroxylation is 1. The zero-order chi connectivity index (χ0) is 11.5. The standard InChI is InChI=1S/C12H10FNO2/c1-8-11(6-7-15)14-12(16-8)9-2-4-10(13)5-3-9/h2-5,7H,6H2,1H3. The number of carbonyl (C=O) groups excluding carboxylic acids is 1. The van der Waals surface area contributed by atoms with E-state index in [2.05, 4.69) is 4.98 Å². The van der Waals surface area contributed by atoms with Gasteiger partial charge in [0.2, 0.25) is 5.89 Å². The van der Waals surface area contributed by atoms with E-state index >= 15 is 0 Å². The van der Waals surface area contributed by atoms with Crippen molar-refractivity contribution < 1.29 is 13.6 Å². The Balaban J connectivity index is 2.37. The van der Waals surface area contributed by atoms with Gasteiger partial charge in [0.15, 0.2) is 0 Å². The van der Waals surface area contributed by atoms with Crippen LogP contribution in [0.4, 0.5) is 4.39 Å². The van der Waals surface area contributed by atoms with Gasteiger partial charge in [-0.15, -0.1) is 0 Å². The normalized spacial score (nSPS) is 10.4. The molecular weight excluding hydrogens is 209 g/mol. The summed E-state index contributed by atoms with van der Waals surface area (Å²) in [5.74, 6) is 0.723. The highest BCUT2D eigenvalue weighted by Gasteiger charge is 2.10. The number of halogens is 1. The number of rotatable bonds is 3. The van der Waals surface area contributed by atoms with E-state index in [9.17, 15) is 9.18 Å². The van der Waals surface area contributed by atoms with Crippen molar-refractivity contribution in [1.82, 2.24) is 4.98 Å². The summed E-state index contributed by atoms with van der Waals surface area (Å²) < 4.78 is 18.1. The van der Waals surface area contributed by atoms with Gasteiger partial charge in [0.05, 0.1) is 5.69 Å². The fourth-order valence-corrected chi connectivity index (χ4v) is 1.41. The summed E-state index contributed by atoms with van der Waals surface area (Å²) in [5, 5.41) is 0. The van der Waals surface area contributed by atoms with E-state index in [0.29, 0.717) is 22.9 Å². The van der Waals surface area contributed by atoms with Crippen LogP contribution >= 0.6 is 0 Å². The first-order valence-corrected chi connectivity index (χ1v) is 4.86. The molecule has 0 atom stereocenters. The predicted molar refractivity (Wildman–Crippen MR) is 56.4 cm³/mol. The Morgan fingerprint density at radius 3 is 2.69 bits per heavy atom. The first kappa shape index (κ1) is 10.5. The maximum absolute atomic E-state index is 12.7. The highest BCUT2D eigenvalue weighted by molar-refractivity contribution is 5.57. The number of hydrogen-bond donors (Lipinski definition) is 0. The van der Waals surface area contributed by atoms with Crippen LogP contribution in [-0.2, 0) is 11.2 Å². The summed E-state index contributed by atoms with van der Waals surface area (Å²) in [5.41, 5.74) is 1.32. The molecular formula is C12H10FNO2. The van der Waals surface area contributed by atoms with Crippen LogP contribution in [-0.4, -0.2) is 11.3 Å². The summed E-state index contributed by atoms with van der Waals surface area (Å²) in [7, 11) is 0. The molecule has 0 N–H and O–H groups in total. The van der Waals surface area contributed by atoms with Gasteiger partial charge in [-0.05, 0) is 31.2 Å². The van der Waals surface area contributed by atoms with Crippen LogP contribution in [0.3, 0.4) is 0 Å². The van der Waals surface area contributed by atoms with Gasteiger partial charge in [-0.25, -0.2) is 9.37 Å². The predicted octanol–water partition coefficient (Wildman–Crippen LogP) is 2.53. The molecule has 0 aliphatic rings. The van der Waals surface area contributed by atoms with Crippen LogP contribution in [0.5, 0.6) is 0 Å². The minimum atomic E-state index is -0.305. The molecule has 1 heterocycles. The van der Waals surface area contributed by atoms with Gasteiger partial charge < -0.3 is 9.21 Å². The van der Waals surface area contributed by atoms with Crippen LogP contribution in [0.25, 0.3) is 11.5 Å². The molecule has 0 saturated heterocycles. The van der Waals surface area contributed by atoms with Crippen LogP contribution in [0.2, 0.25) is 0 Å². The van der Waals surface area contributed by atoms with Crippen molar-refractivity contribution in [3.63, 3.8) is 0 Å². The molecule has 82 valence electrons.